The van der Waals surface area contributed by atoms with Crippen molar-refractivity contribution >= 4 is 17.2 Å². The quantitative estimate of drug-likeness (QED) is 0.810. The molecule has 0 saturated carbocycles. The Morgan fingerprint density at radius 2 is 1.71 bits per heavy atom. The predicted octanol–water partition coefficient (Wildman–Crippen LogP) is 2.96. The smallest absolute Gasteiger partial charge is 0.182 e. The average molecular weight is 284 g/mol. The lowest BCUT2D eigenvalue weighted by Gasteiger charge is -2.36. The van der Waals surface area contributed by atoms with Crippen molar-refractivity contribution in [1.82, 2.24) is 0 Å². The summed E-state index contributed by atoms with van der Waals surface area (Å²) >= 11 is 0. The molecule has 0 radical (unpaired) electrons. The number of halogens is 1. The Bertz CT molecular complexity index is 654. The molecule has 0 fully saturated rings. The van der Waals surface area contributed by atoms with Gasteiger partial charge in [-0.1, -0.05) is 12.1 Å². The van der Waals surface area contributed by atoms with Gasteiger partial charge in [0.1, 0.15) is 5.82 Å². The molecule has 2 aromatic carbocycles. The van der Waals surface area contributed by atoms with E-state index in [1.807, 2.05) is 18.2 Å². The average Bonchev–Trinajstić information content (AvgIpc) is 2.51. The van der Waals surface area contributed by atoms with Gasteiger partial charge in [-0.3, -0.25) is 4.79 Å². The number of carbonyl (C=O) groups is 1. The van der Waals surface area contributed by atoms with Gasteiger partial charge in [-0.2, -0.15) is 0 Å². The third-order valence-electron chi connectivity index (χ3n) is 3.84. The molecule has 0 unspecified atom stereocenters. The van der Waals surface area contributed by atoms with Crippen LogP contribution in [0.1, 0.15) is 10.4 Å². The number of likely N-dealkylation sites (N-methyl/N-ethyl adjacent to an activating group) is 1. The van der Waals surface area contributed by atoms with Gasteiger partial charge < -0.3 is 9.80 Å². The summed E-state index contributed by atoms with van der Waals surface area (Å²) < 4.78 is 12.9. The SMILES string of the molecule is CN1CCN(CC(=O)c2ccc(F)cc2)c2ccccc21. The van der Waals surface area contributed by atoms with E-state index in [-0.39, 0.29) is 11.6 Å². The van der Waals surface area contributed by atoms with E-state index in [4.69, 9.17) is 0 Å². The normalized spacial score (nSPS) is 14.0. The molecule has 0 atom stereocenters. The number of Topliss-reactive ketones (excluding diaryl/α,β-unsaturated/α-hetero) is 1. The number of fused-ring (bicyclic) bond motifs is 1. The minimum absolute atomic E-state index is 0.00866. The van der Waals surface area contributed by atoms with E-state index in [2.05, 4.69) is 22.9 Å². The van der Waals surface area contributed by atoms with E-state index in [1.165, 1.54) is 12.1 Å². The van der Waals surface area contributed by atoms with E-state index in [1.54, 1.807) is 12.1 Å². The van der Waals surface area contributed by atoms with Crippen LogP contribution in [0.2, 0.25) is 0 Å². The van der Waals surface area contributed by atoms with Crippen LogP contribution in [0.4, 0.5) is 15.8 Å². The van der Waals surface area contributed by atoms with Gasteiger partial charge in [0.05, 0.1) is 17.9 Å². The summed E-state index contributed by atoms with van der Waals surface area (Å²) in [5.41, 5.74) is 2.75. The van der Waals surface area contributed by atoms with Gasteiger partial charge in [0.25, 0.3) is 0 Å². The molecule has 1 aliphatic rings. The molecule has 3 rings (SSSR count). The minimum atomic E-state index is -0.323. The largest absolute Gasteiger partial charge is 0.371 e. The Morgan fingerprint density at radius 3 is 2.43 bits per heavy atom. The molecule has 0 spiro atoms. The summed E-state index contributed by atoms with van der Waals surface area (Å²) in [4.78, 5) is 16.6. The molecule has 2 aromatic rings. The van der Waals surface area contributed by atoms with Crippen LogP contribution < -0.4 is 9.80 Å². The third-order valence-corrected chi connectivity index (χ3v) is 3.84. The maximum Gasteiger partial charge on any atom is 0.182 e. The number of anilines is 2. The highest BCUT2D eigenvalue weighted by atomic mass is 19.1. The summed E-state index contributed by atoms with van der Waals surface area (Å²) in [5.74, 6) is -0.314. The number of carbonyl (C=O) groups excluding carboxylic acids is 1. The van der Waals surface area contributed by atoms with Crippen LogP contribution in [0.3, 0.4) is 0 Å². The van der Waals surface area contributed by atoms with Crippen LogP contribution in [0, 0.1) is 5.82 Å². The zero-order valence-electron chi connectivity index (χ0n) is 11.9. The van der Waals surface area contributed by atoms with Crippen molar-refractivity contribution in [3.05, 3.63) is 59.9 Å². The number of hydrogen-bond donors (Lipinski definition) is 0. The predicted molar refractivity (Wildman–Crippen MR) is 82.7 cm³/mol. The number of nitrogens with zero attached hydrogens (tertiary/aromatic N) is 2. The van der Waals surface area contributed by atoms with Crippen molar-refractivity contribution in [3.8, 4) is 0 Å². The number of benzene rings is 2. The molecule has 0 bridgehead atoms. The van der Waals surface area contributed by atoms with E-state index in [9.17, 15) is 9.18 Å². The van der Waals surface area contributed by atoms with Crippen LogP contribution in [-0.4, -0.2) is 32.5 Å². The van der Waals surface area contributed by atoms with Gasteiger partial charge in [-0.05, 0) is 36.4 Å². The summed E-state index contributed by atoms with van der Waals surface area (Å²) in [6.45, 7) is 2.00. The topological polar surface area (TPSA) is 23.6 Å². The third kappa shape index (κ3) is 2.75. The fourth-order valence-electron chi connectivity index (χ4n) is 2.63. The molecular weight excluding hydrogens is 267 g/mol. The number of ketones is 1. The first-order chi connectivity index (χ1) is 10.1. The zero-order valence-corrected chi connectivity index (χ0v) is 11.9. The van der Waals surface area contributed by atoms with Crippen LogP contribution in [0.25, 0.3) is 0 Å². The van der Waals surface area contributed by atoms with Crippen molar-refractivity contribution in [2.45, 2.75) is 0 Å². The Hall–Kier alpha value is -2.36. The maximum atomic E-state index is 12.9. The van der Waals surface area contributed by atoms with E-state index in [0.29, 0.717) is 12.1 Å². The standard InChI is InChI=1S/C17H17FN2O/c1-19-10-11-20(16-5-3-2-4-15(16)19)12-17(21)13-6-8-14(18)9-7-13/h2-9H,10-12H2,1H3. The van der Waals surface area contributed by atoms with Crippen molar-refractivity contribution in [2.24, 2.45) is 0 Å². The molecule has 1 aliphatic heterocycles. The van der Waals surface area contributed by atoms with Crippen LogP contribution in [-0.2, 0) is 0 Å². The molecule has 0 aromatic heterocycles. The van der Waals surface area contributed by atoms with Crippen molar-refractivity contribution < 1.29 is 9.18 Å². The fourth-order valence-corrected chi connectivity index (χ4v) is 2.63. The van der Waals surface area contributed by atoms with Gasteiger partial charge >= 0.3 is 0 Å². The lowest BCUT2D eigenvalue weighted by molar-refractivity contribution is 0.0999. The summed E-state index contributed by atoms with van der Waals surface area (Å²) in [5, 5.41) is 0. The molecule has 0 aliphatic carbocycles. The van der Waals surface area contributed by atoms with Gasteiger partial charge in [0, 0.05) is 25.7 Å². The van der Waals surface area contributed by atoms with E-state index < -0.39 is 0 Å². The summed E-state index contributed by atoms with van der Waals surface area (Å²) in [6, 6.07) is 13.8. The Balaban J connectivity index is 1.81. The second-order valence-electron chi connectivity index (χ2n) is 5.26. The molecule has 3 nitrogen and oxygen atoms in total. The monoisotopic (exact) mass is 284 g/mol. The Kier molecular flexibility index (Phi) is 3.60. The molecule has 21 heavy (non-hydrogen) atoms. The minimum Gasteiger partial charge on any atom is -0.371 e. The van der Waals surface area contributed by atoms with Crippen LogP contribution in [0.15, 0.2) is 48.5 Å². The first-order valence-electron chi connectivity index (χ1n) is 6.99. The second kappa shape index (κ2) is 5.56. The van der Waals surface area contributed by atoms with Crippen LogP contribution in [0.5, 0.6) is 0 Å². The number of rotatable bonds is 3. The lowest BCUT2D eigenvalue weighted by atomic mass is 10.1. The van der Waals surface area contributed by atoms with Crippen LogP contribution >= 0.6 is 0 Å². The highest BCUT2D eigenvalue weighted by Gasteiger charge is 2.21. The van der Waals surface area contributed by atoms with Gasteiger partial charge in [0.15, 0.2) is 5.78 Å². The molecule has 4 heteroatoms. The molecule has 0 saturated heterocycles. The summed E-state index contributed by atoms with van der Waals surface area (Å²) in [6.07, 6.45) is 0. The van der Waals surface area contributed by atoms with E-state index in [0.717, 1.165) is 24.5 Å². The van der Waals surface area contributed by atoms with Crippen molar-refractivity contribution in [1.29, 1.82) is 0 Å². The first kappa shape index (κ1) is 13.6. The second-order valence-corrected chi connectivity index (χ2v) is 5.26. The van der Waals surface area contributed by atoms with E-state index >= 15 is 0 Å². The molecule has 1 heterocycles. The first-order valence-corrected chi connectivity index (χ1v) is 6.99. The zero-order chi connectivity index (χ0) is 14.8. The highest BCUT2D eigenvalue weighted by molar-refractivity contribution is 5.99. The fraction of sp³-hybridized carbons (Fsp3) is 0.235. The number of para-hydroxylation sites is 2. The molecule has 0 N–H and O–H groups in total. The van der Waals surface area contributed by atoms with Gasteiger partial charge in [-0.25, -0.2) is 4.39 Å². The maximum absolute atomic E-state index is 12.9. The summed E-state index contributed by atoms with van der Waals surface area (Å²) in [7, 11) is 2.05. The van der Waals surface area contributed by atoms with Gasteiger partial charge in [0.2, 0.25) is 0 Å². The van der Waals surface area contributed by atoms with Crippen molar-refractivity contribution in [3.63, 3.8) is 0 Å². The highest BCUT2D eigenvalue weighted by Crippen LogP contribution is 2.31. The molecule has 0 amide bonds. The number of hydrogen-bond acceptors (Lipinski definition) is 3. The van der Waals surface area contributed by atoms with Gasteiger partial charge in [-0.15, -0.1) is 0 Å². The Labute approximate surface area is 123 Å². The molecular formula is C17H17FN2O. The lowest BCUT2D eigenvalue weighted by Crippen LogP contribution is -2.41. The van der Waals surface area contributed by atoms with Crippen molar-refractivity contribution in [2.75, 3.05) is 36.5 Å². The molecule has 108 valence electrons. The Morgan fingerprint density at radius 1 is 1.05 bits per heavy atom.